The fourth-order valence-corrected chi connectivity index (χ4v) is 3.74. The predicted molar refractivity (Wildman–Crippen MR) is 89.1 cm³/mol. The fourth-order valence-electron chi connectivity index (χ4n) is 2.47. The molecule has 1 unspecified atom stereocenters. The molecule has 0 saturated carbocycles. The molecule has 1 aliphatic heterocycles. The molecule has 0 fully saturated rings. The first kappa shape index (κ1) is 15.6. The van der Waals surface area contributed by atoms with Crippen molar-refractivity contribution in [1.82, 2.24) is 0 Å². The van der Waals surface area contributed by atoms with Crippen molar-refractivity contribution in [3.05, 3.63) is 54.3 Å². The van der Waals surface area contributed by atoms with Crippen LogP contribution in [0.1, 0.15) is 6.92 Å². The van der Waals surface area contributed by atoms with E-state index in [1.54, 1.807) is 20.0 Å². The van der Waals surface area contributed by atoms with Crippen LogP contribution in [-0.4, -0.2) is 23.6 Å². The van der Waals surface area contributed by atoms with E-state index in [4.69, 9.17) is 0 Å². The zero-order chi connectivity index (χ0) is 16.6. The number of fused-ring (bicyclic) bond motifs is 1. The van der Waals surface area contributed by atoms with E-state index >= 15 is 0 Å². The van der Waals surface area contributed by atoms with Gasteiger partial charge in [0.25, 0.3) is 5.91 Å². The van der Waals surface area contributed by atoms with Gasteiger partial charge in [0.1, 0.15) is 5.82 Å². The van der Waals surface area contributed by atoms with E-state index in [1.165, 1.54) is 34.9 Å². The molecule has 2 aromatic carbocycles. The topological polar surface area (TPSA) is 49.4 Å². The van der Waals surface area contributed by atoms with Crippen molar-refractivity contribution in [1.29, 1.82) is 0 Å². The SMILES string of the molecule is CN1C(=O)C(C)(C(=O)Nc2cccc(F)c2)Sc2ccccc21. The van der Waals surface area contributed by atoms with Gasteiger partial charge in [0.05, 0.1) is 5.69 Å². The summed E-state index contributed by atoms with van der Waals surface area (Å²) in [5, 5.41) is 2.63. The molecule has 4 nitrogen and oxygen atoms in total. The van der Waals surface area contributed by atoms with Crippen LogP contribution in [0.15, 0.2) is 53.4 Å². The third-order valence-corrected chi connectivity index (χ3v) is 5.10. The molecular weight excluding hydrogens is 315 g/mol. The Kier molecular flexibility index (Phi) is 3.85. The minimum absolute atomic E-state index is 0.310. The third kappa shape index (κ3) is 2.70. The number of para-hydroxylation sites is 1. The maximum absolute atomic E-state index is 13.3. The van der Waals surface area contributed by atoms with Crippen molar-refractivity contribution in [3.63, 3.8) is 0 Å². The van der Waals surface area contributed by atoms with Crippen molar-refractivity contribution in [2.45, 2.75) is 16.6 Å². The van der Waals surface area contributed by atoms with E-state index in [0.29, 0.717) is 5.69 Å². The molecule has 1 heterocycles. The molecule has 3 rings (SSSR count). The van der Waals surface area contributed by atoms with Gasteiger partial charge in [-0.25, -0.2) is 4.39 Å². The Morgan fingerprint density at radius 1 is 1.22 bits per heavy atom. The zero-order valence-corrected chi connectivity index (χ0v) is 13.5. The van der Waals surface area contributed by atoms with Crippen LogP contribution in [0.4, 0.5) is 15.8 Å². The number of thioether (sulfide) groups is 1. The molecule has 2 aromatic rings. The number of carbonyl (C=O) groups is 2. The summed E-state index contributed by atoms with van der Waals surface area (Å²) < 4.78 is 11.9. The lowest BCUT2D eigenvalue weighted by Crippen LogP contribution is -2.53. The molecule has 6 heteroatoms. The summed E-state index contributed by atoms with van der Waals surface area (Å²) in [6.07, 6.45) is 0. The molecule has 118 valence electrons. The summed E-state index contributed by atoms with van der Waals surface area (Å²) >= 11 is 1.21. The maximum atomic E-state index is 13.3. The second-order valence-corrected chi connectivity index (χ2v) is 6.89. The molecule has 0 aromatic heterocycles. The first-order chi connectivity index (χ1) is 10.9. The third-order valence-electron chi connectivity index (χ3n) is 3.77. The molecule has 1 N–H and O–H groups in total. The van der Waals surface area contributed by atoms with Crippen molar-refractivity contribution in [2.75, 3.05) is 17.3 Å². The Bertz CT molecular complexity index is 796. The number of nitrogens with one attached hydrogen (secondary N) is 1. The van der Waals surface area contributed by atoms with Gasteiger partial charge in [-0.2, -0.15) is 0 Å². The van der Waals surface area contributed by atoms with Crippen LogP contribution in [0.2, 0.25) is 0 Å². The Hall–Kier alpha value is -2.34. The van der Waals surface area contributed by atoms with Gasteiger partial charge >= 0.3 is 0 Å². The number of halogens is 1. The summed E-state index contributed by atoms with van der Waals surface area (Å²) in [5.41, 5.74) is 1.10. The Morgan fingerprint density at radius 3 is 2.70 bits per heavy atom. The number of anilines is 2. The molecule has 0 aliphatic carbocycles. The zero-order valence-electron chi connectivity index (χ0n) is 12.7. The van der Waals surface area contributed by atoms with Gasteiger partial charge in [-0.15, -0.1) is 0 Å². The van der Waals surface area contributed by atoms with Crippen LogP contribution in [0.5, 0.6) is 0 Å². The molecule has 2 amide bonds. The Balaban J connectivity index is 1.92. The largest absolute Gasteiger partial charge is 0.324 e. The number of hydrogen-bond donors (Lipinski definition) is 1. The van der Waals surface area contributed by atoms with Gasteiger partial charge in [0.2, 0.25) is 5.91 Å². The highest BCUT2D eigenvalue weighted by atomic mass is 32.2. The smallest absolute Gasteiger partial charge is 0.252 e. The second kappa shape index (κ2) is 5.70. The average molecular weight is 330 g/mol. The number of benzene rings is 2. The first-order valence-corrected chi connectivity index (χ1v) is 7.87. The number of amides is 2. The highest BCUT2D eigenvalue weighted by molar-refractivity contribution is 8.02. The summed E-state index contributed by atoms with van der Waals surface area (Å²) in [5.74, 6) is -1.23. The molecule has 0 saturated heterocycles. The van der Waals surface area contributed by atoms with Crippen LogP contribution < -0.4 is 10.2 Å². The summed E-state index contributed by atoms with van der Waals surface area (Å²) in [6.45, 7) is 1.58. The quantitative estimate of drug-likeness (QED) is 0.860. The lowest BCUT2D eigenvalue weighted by Gasteiger charge is -2.36. The van der Waals surface area contributed by atoms with Gasteiger partial charge in [0.15, 0.2) is 4.75 Å². The lowest BCUT2D eigenvalue weighted by molar-refractivity contribution is -0.128. The highest BCUT2D eigenvalue weighted by Gasteiger charge is 2.48. The van der Waals surface area contributed by atoms with Crippen molar-refractivity contribution in [2.24, 2.45) is 0 Å². The summed E-state index contributed by atoms with van der Waals surface area (Å²) in [4.78, 5) is 27.7. The van der Waals surface area contributed by atoms with Crippen LogP contribution >= 0.6 is 11.8 Å². The minimum Gasteiger partial charge on any atom is -0.324 e. The molecule has 1 aliphatic rings. The van der Waals surface area contributed by atoms with Crippen LogP contribution in [0.3, 0.4) is 0 Å². The van der Waals surface area contributed by atoms with Gasteiger partial charge in [-0.05, 0) is 37.3 Å². The number of hydrogen-bond acceptors (Lipinski definition) is 3. The van der Waals surface area contributed by atoms with Crippen LogP contribution in [0.25, 0.3) is 0 Å². The van der Waals surface area contributed by atoms with Gasteiger partial charge in [-0.1, -0.05) is 30.0 Å². The summed E-state index contributed by atoms with van der Waals surface area (Å²) in [6, 6.07) is 13.0. The average Bonchev–Trinajstić information content (AvgIpc) is 2.53. The van der Waals surface area contributed by atoms with E-state index in [0.717, 1.165) is 10.6 Å². The highest BCUT2D eigenvalue weighted by Crippen LogP contribution is 2.45. The molecule has 0 radical (unpaired) electrons. The first-order valence-electron chi connectivity index (χ1n) is 7.05. The monoisotopic (exact) mass is 330 g/mol. The normalized spacial score (nSPS) is 20.1. The van der Waals surface area contributed by atoms with Crippen LogP contribution in [-0.2, 0) is 9.59 Å². The van der Waals surface area contributed by atoms with Gasteiger partial charge in [0, 0.05) is 17.6 Å². The lowest BCUT2D eigenvalue weighted by atomic mass is 10.1. The number of carbonyl (C=O) groups excluding carboxylic acids is 2. The fraction of sp³-hybridized carbons (Fsp3) is 0.176. The van der Waals surface area contributed by atoms with Crippen LogP contribution in [0, 0.1) is 5.82 Å². The molecule has 0 spiro atoms. The molecule has 1 atom stereocenters. The molecule has 23 heavy (non-hydrogen) atoms. The number of nitrogens with zero attached hydrogens (tertiary/aromatic N) is 1. The van der Waals surface area contributed by atoms with E-state index in [-0.39, 0.29) is 5.91 Å². The molecule has 0 bridgehead atoms. The molecular formula is C17H15FN2O2S. The number of rotatable bonds is 2. The maximum Gasteiger partial charge on any atom is 0.252 e. The minimum atomic E-state index is -1.31. The second-order valence-electron chi connectivity index (χ2n) is 5.43. The van der Waals surface area contributed by atoms with E-state index in [2.05, 4.69) is 5.32 Å². The van der Waals surface area contributed by atoms with E-state index in [9.17, 15) is 14.0 Å². The summed E-state index contributed by atoms with van der Waals surface area (Å²) in [7, 11) is 1.65. The Labute approximate surface area is 137 Å². The van der Waals surface area contributed by atoms with Crippen molar-refractivity contribution < 1.29 is 14.0 Å². The van der Waals surface area contributed by atoms with Crippen molar-refractivity contribution in [3.8, 4) is 0 Å². The van der Waals surface area contributed by atoms with E-state index in [1.807, 2.05) is 24.3 Å². The van der Waals surface area contributed by atoms with Crippen molar-refractivity contribution >= 4 is 35.0 Å². The van der Waals surface area contributed by atoms with Gasteiger partial charge < -0.3 is 10.2 Å². The standard InChI is InChI=1S/C17H15FN2O2S/c1-17(15(21)19-12-7-5-6-11(18)10-12)16(22)20(2)13-8-3-4-9-14(13)23-17/h3-10H,1-2H3,(H,19,21). The predicted octanol–water partition coefficient (Wildman–Crippen LogP) is 3.29. The van der Waals surface area contributed by atoms with Gasteiger partial charge in [-0.3, -0.25) is 9.59 Å². The van der Waals surface area contributed by atoms with E-state index < -0.39 is 16.5 Å². The Morgan fingerprint density at radius 2 is 1.96 bits per heavy atom.